The van der Waals surface area contributed by atoms with E-state index in [1.165, 1.54) is 11.0 Å². The number of nitrogens with one attached hydrogen (secondary N) is 1. The molecule has 2 aromatic rings. The molecule has 1 heterocycles. The summed E-state index contributed by atoms with van der Waals surface area (Å²) < 4.78 is 66.4. The lowest BCUT2D eigenvalue weighted by Crippen LogP contribution is -2.30. The molecule has 1 aliphatic carbocycles. The zero-order valence-corrected chi connectivity index (χ0v) is 18.7. The maximum atomic E-state index is 12.9. The third-order valence-electron chi connectivity index (χ3n) is 6.28. The Bertz CT molecular complexity index is 1170. The lowest BCUT2D eigenvalue weighted by molar-refractivity contribution is -0.141. The SMILES string of the molecule is Cc1ccc(CN2C(=O)[C@@H]3CCCC[C@H]3C2=O)cc1S(=O)(=O)Nc1ccc(C(F)(F)F)cc1. The number of fused-ring (bicyclic) bond motifs is 1. The Kier molecular flexibility index (Phi) is 5.98. The van der Waals surface area contributed by atoms with E-state index < -0.39 is 21.8 Å². The van der Waals surface area contributed by atoms with E-state index >= 15 is 0 Å². The Morgan fingerprint density at radius 3 is 2.09 bits per heavy atom. The summed E-state index contributed by atoms with van der Waals surface area (Å²) >= 11 is 0. The highest BCUT2D eigenvalue weighted by molar-refractivity contribution is 7.92. The summed E-state index contributed by atoms with van der Waals surface area (Å²) in [7, 11) is -4.12. The number of likely N-dealkylation sites (tertiary alicyclic amines) is 1. The van der Waals surface area contributed by atoms with Gasteiger partial charge >= 0.3 is 6.18 Å². The number of benzene rings is 2. The van der Waals surface area contributed by atoms with Crippen LogP contribution in [0.3, 0.4) is 0 Å². The van der Waals surface area contributed by atoms with Gasteiger partial charge in [-0.3, -0.25) is 19.2 Å². The lowest BCUT2D eigenvalue weighted by atomic mass is 9.81. The minimum Gasteiger partial charge on any atom is -0.280 e. The smallest absolute Gasteiger partial charge is 0.280 e. The summed E-state index contributed by atoms with van der Waals surface area (Å²) in [5.41, 5.74) is 0.00515. The number of sulfonamides is 1. The van der Waals surface area contributed by atoms with Crippen LogP contribution in [-0.2, 0) is 32.3 Å². The van der Waals surface area contributed by atoms with Crippen molar-refractivity contribution in [3.05, 3.63) is 59.2 Å². The molecule has 10 heteroatoms. The Morgan fingerprint density at radius 1 is 0.970 bits per heavy atom. The van der Waals surface area contributed by atoms with Crippen molar-refractivity contribution in [2.75, 3.05) is 4.72 Å². The van der Waals surface area contributed by atoms with Crippen LogP contribution >= 0.6 is 0 Å². The molecule has 0 unspecified atom stereocenters. The van der Waals surface area contributed by atoms with Gasteiger partial charge in [0.15, 0.2) is 0 Å². The van der Waals surface area contributed by atoms with E-state index in [0.717, 1.165) is 37.1 Å². The highest BCUT2D eigenvalue weighted by atomic mass is 32.2. The van der Waals surface area contributed by atoms with E-state index in [-0.39, 0.29) is 40.8 Å². The van der Waals surface area contributed by atoms with Crippen LogP contribution in [0.1, 0.15) is 42.4 Å². The molecule has 1 N–H and O–H groups in total. The molecule has 1 saturated carbocycles. The number of amides is 2. The van der Waals surface area contributed by atoms with E-state index in [1.54, 1.807) is 19.1 Å². The molecular formula is C23H23F3N2O4S. The number of carbonyl (C=O) groups is 2. The maximum Gasteiger partial charge on any atom is 0.416 e. The Hall–Kier alpha value is -2.88. The van der Waals surface area contributed by atoms with Crippen LogP contribution in [-0.4, -0.2) is 25.1 Å². The Balaban J connectivity index is 1.55. The molecule has 33 heavy (non-hydrogen) atoms. The van der Waals surface area contributed by atoms with Crippen LogP contribution in [0.4, 0.5) is 18.9 Å². The molecule has 0 bridgehead atoms. The number of nitrogens with zero attached hydrogens (tertiary/aromatic N) is 1. The molecule has 2 amide bonds. The summed E-state index contributed by atoms with van der Waals surface area (Å²) in [5.74, 6) is -1.00. The van der Waals surface area contributed by atoms with Crippen molar-refractivity contribution in [1.29, 1.82) is 0 Å². The monoisotopic (exact) mass is 480 g/mol. The number of hydrogen-bond donors (Lipinski definition) is 1. The van der Waals surface area contributed by atoms with Gasteiger partial charge in [0.1, 0.15) is 0 Å². The molecule has 2 atom stereocenters. The summed E-state index contributed by atoms with van der Waals surface area (Å²) in [6, 6.07) is 8.32. The van der Waals surface area contributed by atoms with Gasteiger partial charge in [0, 0.05) is 5.69 Å². The third-order valence-corrected chi connectivity index (χ3v) is 7.80. The van der Waals surface area contributed by atoms with Crippen LogP contribution in [0, 0.1) is 18.8 Å². The van der Waals surface area contributed by atoms with Gasteiger partial charge < -0.3 is 0 Å². The van der Waals surface area contributed by atoms with Gasteiger partial charge in [0.05, 0.1) is 28.8 Å². The highest BCUT2D eigenvalue weighted by Gasteiger charge is 2.47. The second-order valence-corrected chi connectivity index (χ2v) is 10.2. The fraction of sp³-hybridized carbons (Fsp3) is 0.391. The molecule has 176 valence electrons. The van der Waals surface area contributed by atoms with E-state index in [0.29, 0.717) is 24.0 Å². The summed E-state index contributed by atoms with van der Waals surface area (Å²) in [6.07, 6.45) is -1.32. The largest absolute Gasteiger partial charge is 0.416 e. The minimum absolute atomic E-state index is 0.0122. The molecule has 0 spiro atoms. The second kappa shape index (κ2) is 8.48. The number of rotatable bonds is 5. The van der Waals surface area contributed by atoms with Gasteiger partial charge in [-0.15, -0.1) is 0 Å². The van der Waals surface area contributed by atoms with Crippen LogP contribution in [0.15, 0.2) is 47.4 Å². The van der Waals surface area contributed by atoms with Crippen molar-refractivity contribution >= 4 is 27.5 Å². The van der Waals surface area contributed by atoms with Gasteiger partial charge in [0.25, 0.3) is 10.0 Å². The Labute approximate surface area is 189 Å². The standard InChI is InChI=1S/C23H23F3N2O4S/c1-14-6-7-15(13-28-21(29)18-4-2-3-5-19(18)22(28)30)12-20(14)33(31,32)27-17-10-8-16(9-11-17)23(24,25)26/h6-12,18-19,27H,2-5,13H2,1H3/t18-,19-/m1/s1. The number of carbonyl (C=O) groups excluding carboxylic acids is 2. The molecule has 6 nitrogen and oxygen atoms in total. The van der Waals surface area contributed by atoms with Crippen molar-refractivity contribution in [3.63, 3.8) is 0 Å². The zero-order valence-electron chi connectivity index (χ0n) is 17.9. The molecule has 1 aliphatic heterocycles. The first-order valence-corrected chi connectivity index (χ1v) is 12.1. The molecule has 0 radical (unpaired) electrons. The first-order chi connectivity index (χ1) is 15.5. The fourth-order valence-corrected chi connectivity index (χ4v) is 5.89. The molecule has 0 aromatic heterocycles. The van der Waals surface area contributed by atoms with Crippen molar-refractivity contribution < 1.29 is 31.2 Å². The van der Waals surface area contributed by atoms with Gasteiger partial charge in [-0.25, -0.2) is 8.42 Å². The minimum atomic E-state index is -4.52. The molecular weight excluding hydrogens is 457 g/mol. The number of imide groups is 1. The zero-order chi connectivity index (χ0) is 24.0. The predicted octanol–water partition coefficient (Wildman–Crippen LogP) is 4.49. The predicted molar refractivity (Wildman–Crippen MR) is 114 cm³/mol. The number of aryl methyl sites for hydroxylation is 1. The van der Waals surface area contributed by atoms with E-state index in [2.05, 4.69) is 4.72 Å². The Morgan fingerprint density at radius 2 is 1.55 bits per heavy atom. The highest BCUT2D eigenvalue weighted by Crippen LogP contribution is 2.39. The van der Waals surface area contributed by atoms with Crippen molar-refractivity contribution in [2.24, 2.45) is 11.8 Å². The third kappa shape index (κ3) is 4.62. The van der Waals surface area contributed by atoms with Crippen molar-refractivity contribution in [2.45, 2.75) is 50.2 Å². The van der Waals surface area contributed by atoms with Crippen LogP contribution in [0.2, 0.25) is 0 Å². The normalized spacial score (nSPS) is 21.3. The molecule has 2 aromatic carbocycles. The average molecular weight is 481 g/mol. The number of halogens is 3. The van der Waals surface area contributed by atoms with Gasteiger partial charge in [-0.05, 0) is 61.2 Å². The molecule has 2 aliphatic rings. The summed E-state index contributed by atoms with van der Waals surface area (Å²) in [4.78, 5) is 26.6. The first kappa shape index (κ1) is 23.3. The topological polar surface area (TPSA) is 83.6 Å². The summed E-state index contributed by atoms with van der Waals surface area (Å²) in [6.45, 7) is 1.57. The molecule has 4 rings (SSSR count). The average Bonchev–Trinajstić information content (AvgIpc) is 2.99. The number of hydrogen-bond acceptors (Lipinski definition) is 4. The number of alkyl halides is 3. The van der Waals surface area contributed by atoms with E-state index in [9.17, 15) is 31.2 Å². The molecule has 2 fully saturated rings. The van der Waals surface area contributed by atoms with Crippen LogP contribution in [0.5, 0.6) is 0 Å². The quantitative estimate of drug-likeness (QED) is 0.640. The maximum absolute atomic E-state index is 12.9. The van der Waals surface area contributed by atoms with Gasteiger partial charge in [-0.2, -0.15) is 13.2 Å². The summed E-state index contributed by atoms with van der Waals surface area (Å²) in [5, 5.41) is 0. The fourth-order valence-electron chi connectivity index (χ4n) is 4.54. The molecule has 1 saturated heterocycles. The van der Waals surface area contributed by atoms with E-state index in [1.807, 2.05) is 0 Å². The van der Waals surface area contributed by atoms with E-state index in [4.69, 9.17) is 0 Å². The van der Waals surface area contributed by atoms with Crippen molar-refractivity contribution in [1.82, 2.24) is 4.90 Å². The van der Waals surface area contributed by atoms with Gasteiger partial charge in [-0.1, -0.05) is 25.0 Å². The van der Waals surface area contributed by atoms with Crippen LogP contribution < -0.4 is 4.72 Å². The van der Waals surface area contributed by atoms with Crippen LogP contribution in [0.25, 0.3) is 0 Å². The van der Waals surface area contributed by atoms with Gasteiger partial charge in [0.2, 0.25) is 11.8 Å². The second-order valence-electron chi connectivity index (χ2n) is 8.54. The first-order valence-electron chi connectivity index (χ1n) is 10.6. The number of anilines is 1. The lowest BCUT2D eigenvalue weighted by Gasteiger charge is -2.19. The van der Waals surface area contributed by atoms with Crippen molar-refractivity contribution in [3.8, 4) is 0 Å².